The number of nitrogens with one attached hydrogen (secondary N) is 1. The van der Waals surface area contributed by atoms with Crippen LogP contribution in [0, 0.1) is 0 Å². The van der Waals surface area contributed by atoms with E-state index in [2.05, 4.69) is 22.3 Å². The Morgan fingerprint density at radius 3 is 2.76 bits per heavy atom. The molecule has 0 bridgehead atoms. The number of benzene rings is 1. The van der Waals surface area contributed by atoms with Crippen molar-refractivity contribution in [1.29, 1.82) is 0 Å². The van der Waals surface area contributed by atoms with E-state index in [9.17, 15) is 4.79 Å². The van der Waals surface area contributed by atoms with Crippen molar-refractivity contribution in [3.05, 3.63) is 47.3 Å². The first-order valence-corrected chi connectivity index (χ1v) is 7.30. The summed E-state index contributed by atoms with van der Waals surface area (Å²) < 4.78 is 0. The number of amides is 1. The van der Waals surface area contributed by atoms with Gasteiger partial charge >= 0.3 is 0 Å². The Kier molecular flexibility index (Phi) is 3.64. The van der Waals surface area contributed by atoms with Gasteiger partial charge in [-0.3, -0.25) is 9.89 Å². The van der Waals surface area contributed by atoms with E-state index in [0.717, 1.165) is 25.0 Å². The Balaban J connectivity index is 1.64. The van der Waals surface area contributed by atoms with Crippen LogP contribution in [0.1, 0.15) is 40.5 Å². The topological polar surface area (TPSA) is 75.0 Å². The number of anilines is 1. The largest absolute Gasteiger partial charge is 0.395 e. The molecular formula is C16H20N4O. The van der Waals surface area contributed by atoms with Crippen molar-refractivity contribution in [1.82, 2.24) is 15.1 Å². The van der Waals surface area contributed by atoms with Gasteiger partial charge in [0, 0.05) is 19.5 Å². The van der Waals surface area contributed by atoms with Crippen molar-refractivity contribution in [2.45, 2.75) is 25.2 Å². The molecule has 110 valence electrons. The van der Waals surface area contributed by atoms with Crippen molar-refractivity contribution >= 4 is 11.6 Å². The van der Waals surface area contributed by atoms with Crippen molar-refractivity contribution in [2.24, 2.45) is 0 Å². The van der Waals surface area contributed by atoms with Gasteiger partial charge in [0.2, 0.25) is 0 Å². The number of hydrogen-bond acceptors (Lipinski definition) is 3. The maximum atomic E-state index is 12.4. The zero-order valence-electron chi connectivity index (χ0n) is 12.2. The highest BCUT2D eigenvalue weighted by molar-refractivity contribution is 5.97. The molecule has 0 aliphatic heterocycles. The number of likely N-dealkylation sites (N-methyl/N-ethyl adjacent to an activating group) is 1. The lowest BCUT2D eigenvalue weighted by molar-refractivity contribution is 0.0792. The fraction of sp³-hybridized carbons (Fsp3) is 0.375. The molecule has 0 spiro atoms. The van der Waals surface area contributed by atoms with Crippen LogP contribution in [0.15, 0.2) is 30.3 Å². The van der Waals surface area contributed by atoms with Gasteiger partial charge in [0.15, 0.2) is 5.69 Å². The highest BCUT2D eigenvalue weighted by Gasteiger charge is 2.30. The minimum Gasteiger partial charge on any atom is -0.395 e. The van der Waals surface area contributed by atoms with Crippen LogP contribution in [0.4, 0.5) is 5.69 Å². The molecule has 1 aromatic carbocycles. The third-order valence-corrected chi connectivity index (χ3v) is 3.95. The highest BCUT2D eigenvalue weighted by Crippen LogP contribution is 2.42. The van der Waals surface area contributed by atoms with Gasteiger partial charge in [-0.2, -0.15) is 5.10 Å². The summed E-state index contributed by atoms with van der Waals surface area (Å²) >= 11 is 0. The van der Waals surface area contributed by atoms with Crippen LogP contribution in [-0.4, -0.2) is 34.6 Å². The average molecular weight is 284 g/mol. The molecule has 1 fully saturated rings. The molecule has 3 N–H and O–H groups in total. The third-order valence-electron chi connectivity index (χ3n) is 3.95. The van der Waals surface area contributed by atoms with Crippen LogP contribution in [-0.2, 0) is 6.42 Å². The number of carbonyl (C=O) groups is 1. The second-order valence-corrected chi connectivity index (χ2v) is 5.64. The summed E-state index contributed by atoms with van der Waals surface area (Å²) in [5.74, 6) is 0.347. The minimum atomic E-state index is -0.119. The number of nitrogens with zero attached hydrogens (tertiary/aromatic N) is 2. The van der Waals surface area contributed by atoms with E-state index in [4.69, 9.17) is 5.73 Å². The van der Waals surface area contributed by atoms with Crippen LogP contribution in [0.5, 0.6) is 0 Å². The van der Waals surface area contributed by atoms with Gasteiger partial charge in [-0.05, 0) is 24.8 Å². The van der Waals surface area contributed by atoms with Crippen LogP contribution in [0.3, 0.4) is 0 Å². The van der Waals surface area contributed by atoms with E-state index in [0.29, 0.717) is 23.8 Å². The van der Waals surface area contributed by atoms with Gasteiger partial charge in [-0.15, -0.1) is 0 Å². The first-order chi connectivity index (χ1) is 10.2. The fourth-order valence-electron chi connectivity index (χ4n) is 2.43. The molecule has 1 aliphatic carbocycles. The molecule has 1 saturated carbocycles. The maximum Gasteiger partial charge on any atom is 0.276 e. The molecule has 21 heavy (non-hydrogen) atoms. The number of aromatic nitrogens is 2. The predicted molar refractivity (Wildman–Crippen MR) is 82.1 cm³/mol. The zero-order valence-corrected chi connectivity index (χ0v) is 12.2. The molecule has 0 atom stereocenters. The molecule has 1 heterocycles. The molecule has 0 radical (unpaired) electrons. The monoisotopic (exact) mass is 284 g/mol. The van der Waals surface area contributed by atoms with Gasteiger partial charge in [-0.25, -0.2) is 0 Å². The van der Waals surface area contributed by atoms with Crippen molar-refractivity contribution in [2.75, 3.05) is 19.3 Å². The van der Waals surface area contributed by atoms with Crippen molar-refractivity contribution in [3.8, 4) is 0 Å². The second kappa shape index (κ2) is 5.60. The zero-order chi connectivity index (χ0) is 14.8. The lowest BCUT2D eigenvalue weighted by Crippen LogP contribution is -2.29. The number of aromatic amines is 1. The number of carbonyl (C=O) groups excluding carboxylic acids is 1. The fourth-order valence-corrected chi connectivity index (χ4v) is 2.43. The molecule has 1 aliphatic rings. The van der Waals surface area contributed by atoms with Crippen LogP contribution < -0.4 is 5.73 Å². The molecule has 3 rings (SSSR count). The number of H-pyrrole nitrogens is 1. The summed E-state index contributed by atoms with van der Waals surface area (Å²) in [6.45, 7) is 0.647. The Morgan fingerprint density at radius 2 is 2.10 bits per heavy atom. The standard InChI is InChI=1S/C16H20N4O/c1-20(10-9-11-5-3-2-4-6-11)16(21)15-13(17)14(18-19-15)12-7-8-12/h2-6,12H,7-10,17H2,1H3,(H,18,19). The number of hydrogen-bond donors (Lipinski definition) is 2. The Morgan fingerprint density at radius 1 is 1.38 bits per heavy atom. The average Bonchev–Trinajstić information content (AvgIpc) is 3.28. The van der Waals surface area contributed by atoms with E-state index >= 15 is 0 Å². The summed E-state index contributed by atoms with van der Waals surface area (Å²) in [5, 5.41) is 7.03. The van der Waals surface area contributed by atoms with Gasteiger partial charge in [0.25, 0.3) is 5.91 Å². The SMILES string of the molecule is CN(CCc1ccccc1)C(=O)c1n[nH]c(C2CC2)c1N. The first-order valence-electron chi connectivity index (χ1n) is 7.30. The van der Waals surface area contributed by atoms with E-state index < -0.39 is 0 Å². The molecular weight excluding hydrogens is 264 g/mol. The van der Waals surface area contributed by atoms with Crippen LogP contribution >= 0.6 is 0 Å². The number of nitrogen functional groups attached to an aromatic ring is 1. The van der Waals surface area contributed by atoms with Crippen LogP contribution in [0.2, 0.25) is 0 Å². The molecule has 0 saturated heterocycles. The van der Waals surface area contributed by atoms with Gasteiger partial charge in [-0.1, -0.05) is 30.3 Å². The lowest BCUT2D eigenvalue weighted by Gasteiger charge is -2.16. The number of nitrogens with two attached hydrogens (primary N) is 1. The molecule has 5 nitrogen and oxygen atoms in total. The van der Waals surface area contributed by atoms with E-state index in [1.54, 1.807) is 11.9 Å². The van der Waals surface area contributed by atoms with Gasteiger partial charge in [0.05, 0.1) is 11.4 Å². The predicted octanol–water partition coefficient (Wildman–Crippen LogP) is 2.18. The summed E-state index contributed by atoms with van der Waals surface area (Å²) in [6, 6.07) is 10.1. The van der Waals surface area contributed by atoms with E-state index in [1.807, 2.05) is 18.2 Å². The molecule has 5 heteroatoms. The smallest absolute Gasteiger partial charge is 0.276 e. The first kappa shape index (κ1) is 13.7. The van der Waals surface area contributed by atoms with Crippen molar-refractivity contribution < 1.29 is 4.79 Å². The van der Waals surface area contributed by atoms with E-state index in [-0.39, 0.29) is 5.91 Å². The second-order valence-electron chi connectivity index (χ2n) is 5.64. The highest BCUT2D eigenvalue weighted by atomic mass is 16.2. The van der Waals surface area contributed by atoms with Gasteiger partial charge < -0.3 is 10.6 Å². The van der Waals surface area contributed by atoms with Gasteiger partial charge in [0.1, 0.15) is 0 Å². The summed E-state index contributed by atoms with van der Waals surface area (Å²) in [6.07, 6.45) is 3.08. The minimum absolute atomic E-state index is 0.119. The Labute approximate surface area is 124 Å². The summed E-state index contributed by atoms with van der Waals surface area (Å²) in [5.41, 5.74) is 9.06. The quantitative estimate of drug-likeness (QED) is 0.883. The Hall–Kier alpha value is -2.30. The lowest BCUT2D eigenvalue weighted by atomic mass is 10.1. The maximum absolute atomic E-state index is 12.4. The van der Waals surface area contributed by atoms with Crippen molar-refractivity contribution in [3.63, 3.8) is 0 Å². The third kappa shape index (κ3) is 2.91. The normalized spacial score (nSPS) is 14.1. The molecule has 0 unspecified atom stereocenters. The molecule has 1 amide bonds. The number of rotatable bonds is 5. The summed E-state index contributed by atoms with van der Waals surface area (Å²) in [7, 11) is 1.79. The van der Waals surface area contributed by atoms with Crippen LogP contribution in [0.25, 0.3) is 0 Å². The molecule has 2 aromatic rings. The van der Waals surface area contributed by atoms with E-state index in [1.165, 1.54) is 5.56 Å². The Bertz CT molecular complexity index is 631. The summed E-state index contributed by atoms with van der Waals surface area (Å²) in [4.78, 5) is 14.1. The molecule has 1 aromatic heterocycles.